The predicted molar refractivity (Wildman–Crippen MR) is 94.1 cm³/mol. The molecule has 1 amide bonds. The van der Waals surface area contributed by atoms with Crippen molar-refractivity contribution in [2.75, 3.05) is 6.54 Å². The lowest BCUT2D eigenvalue weighted by Gasteiger charge is -2.13. The Morgan fingerprint density at radius 1 is 1.04 bits per heavy atom. The normalized spacial score (nSPS) is 11.3. The minimum atomic E-state index is -3.93. The van der Waals surface area contributed by atoms with E-state index in [1.54, 1.807) is 0 Å². The Kier molecular flexibility index (Phi) is 6.27. The molecule has 0 saturated carbocycles. The molecule has 144 valence electrons. The van der Waals surface area contributed by atoms with Crippen LogP contribution >= 0.6 is 0 Å². The number of carbonyl (C=O) groups excluding carboxylic acids is 2. The summed E-state index contributed by atoms with van der Waals surface area (Å²) in [5, 5.41) is 1.29. The molecule has 0 saturated heterocycles. The number of amides is 1. The molecular formula is C18H17F2NO5S. The first-order chi connectivity index (χ1) is 12.6. The van der Waals surface area contributed by atoms with Crippen molar-refractivity contribution < 1.29 is 31.0 Å². The van der Waals surface area contributed by atoms with Crippen LogP contribution in [0.25, 0.3) is 0 Å². The molecular weight excluding hydrogens is 380 g/mol. The van der Waals surface area contributed by atoms with Gasteiger partial charge in [0.2, 0.25) is 0 Å². The van der Waals surface area contributed by atoms with Crippen molar-refractivity contribution in [3.8, 4) is 5.75 Å². The highest BCUT2D eigenvalue weighted by Gasteiger charge is 2.23. The van der Waals surface area contributed by atoms with Gasteiger partial charge in [-0.05, 0) is 38.1 Å². The lowest BCUT2D eigenvalue weighted by Crippen LogP contribution is -2.31. The summed E-state index contributed by atoms with van der Waals surface area (Å²) in [6, 6.07) is 8.53. The minimum Gasteiger partial charge on any atom is -0.381 e. The molecule has 0 aliphatic carbocycles. The molecule has 0 aliphatic rings. The first kappa shape index (κ1) is 20.5. The van der Waals surface area contributed by atoms with Gasteiger partial charge >= 0.3 is 10.1 Å². The van der Waals surface area contributed by atoms with E-state index in [0.29, 0.717) is 0 Å². The largest absolute Gasteiger partial charge is 0.381 e. The van der Waals surface area contributed by atoms with Gasteiger partial charge in [0, 0.05) is 0 Å². The number of nitrogens with one attached hydrogen (secondary N) is 1. The average Bonchev–Trinajstić information content (AvgIpc) is 2.59. The zero-order valence-corrected chi connectivity index (χ0v) is 15.3. The van der Waals surface area contributed by atoms with Crippen LogP contribution in [0.5, 0.6) is 5.75 Å². The molecule has 0 heterocycles. The highest BCUT2D eigenvalue weighted by Crippen LogP contribution is 2.22. The van der Waals surface area contributed by atoms with E-state index >= 15 is 0 Å². The van der Waals surface area contributed by atoms with Crippen LogP contribution in [0, 0.1) is 11.6 Å². The van der Waals surface area contributed by atoms with Gasteiger partial charge in [0.1, 0.15) is 17.2 Å². The van der Waals surface area contributed by atoms with E-state index < -0.39 is 50.8 Å². The second kappa shape index (κ2) is 8.26. The summed E-state index contributed by atoms with van der Waals surface area (Å²) in [6.07, 6.45) is 0. The van der Waals surface area contributed by atoms with E-state index in [2.05, 4.69) is 5.32 Å². The van der Waals surface area contributed by atoms with Crippen LogP contribution in [0.2, 0.25) is 0 Å². The van der Waals surface area contributed by atoms with Gasteiger partial charge < -0.3 is 9.50 Å². The average molecular weight is 397 g/mol. The summed E-state index contributed by atoms with van der Waals surface area (Å²) < 4.78 is 56.0. The topological polar surface area (TPSA) is 89.5 Å². The third-order valence-corrected chi connectivity index (χ3v) is 5.14. The summed E-state index contributed by atoms with van der Waals surface area (Å²) in [7, 11) is -3.93. The van der Waals surface area contributed by atoms with Crippen LogP contribution in [-0.2, 0) is 10.1 Å². The lowest BCUT2D eigenvalue weighted by atomic mass is 10.1. The van der Waals surface area contributed by atoms with Crippen LogP contribution in [0.1, 0.15) is 34.6 Å². The van der Waals surface area contributed by atoms with Crippen molar-refractivity contribution in [2.24, 2.45) is 0 Å². The fourth-order valence-electron chi connectivity index (χ4n) is 2.05. The zero-order valence-electron chi connectivity index (χ0n) is 14.5. The van der Waals surface area contributed by atoms with Crippen LogP contribution in [0.4, 0.5) is 8.78 Å². The Labute approximate surface area is 155 Å². The van der Waals surface area contributed by atoms with E-state index in [1.807, 2.05) is 0 Å². The number of hydrogen-bond donors (Lipinski definition) is 1. The van der Waals surface area contributed by atoms with Crippen molar-refractivity contribution in [1.82, 2.24) is 5.32 Å². The molecule has 0 atom stereocenters. The molecule has 2 rings (SSSR count). The molecule has 0 fully saturated rings. The standard InChI is InChI=1S/C18H17F2NO5S/c1-11(2)27(24,25)26-16-9-4-3-6-12(16)15(22)10-21-18(23)17-13(19)7-5-8-14(17)20/h3-9,11H,10H2,1-2H3,(H,21,23). The fourth-order valence-corrected chi connectivity index (χ4v) is 2.64. The quantitative estimate of drug-likeness (QED) is 0.573. The number of rotatable bonds is 7. The number of benzene rings is 2. The van der Waals surface area contributed by atoms with Crippen molar-refractivity contribution in [3.05, 3.63) is 65.2 Å². The van der Waals surface area contributed by atoms with Gasteiger partial charge in [0.25, 0.3) is 5.91 Å². The van der Waals surface area contributed by atoms with E-state index in [1.165, 1.54) is 38.1 Å². The Bertz CT molecular complexity index is 953. The second-order valence-corrected chi connectivity index (χ2v) is 7.92. The van der Waals surface area contributed by atoms with E-state index in [-0.39, 0.29) is 11.3 Å². The molecule has 2 aromatic rings. The van der Waals surface area contributed by atoms with Crippen LogP contribution in [0.15, 0.2) is 42.5 Å². The van der Waals surface area contributed by atoms with Gasteiger partial charge in [-0.1, -0.05) is 18.2 Å². The van der Waals surface area contributed by atoms with Crippen molar-refractivity contribution in [1.29, 1.82) is 0 Å². The second-order valence-electron chi connectivity index (χ2n) is 5.82. The summed E-state index contributed by atoms with van der Waals surface area (Å²) in [6.45, 7) is 2.24. The van der Waals surface area contributed by atoms with Crippen molar-refractivity contribution in [2.45, 2.75) is 19.1 Å². The van der Waals surface area contributed by atoms with Crippen molar-refractivity contribution in [3.63, 3.8) is 0 Å². The van der Waals surface area contributed by atoms with Crippen LogP contribution < -0.4 is 9.50 Å². The summed E-state index contributed by atoms with van der Waals surface area (Å²) >= 11 is 0. The Balaban J connectivity index is 2.17. The van der Waals surface area contributed by atoms with Gasteiger partial charge in [-0.25, -0.2) is 8.78 Å². The minimum absolute atomic E-state index is 0.0870. The first-order valence-electron chi connectivity index (χ1n) is 7.91. The Morgan fingerprint density at radius 2 is 1.63 bits per heavy atom. The smallest absolute Gasteiger partial charge is 0.311 e. The zero-order chi connectivity index (χ0) is 20.2. The van der Waals surface area contributed by atoms with Crippen molar-refractivity contribution >= 4 is 21.8 Å². The highest BCUT2D eigenvalue weighted by atomic mass is 32.2. The number of para-hydroxylation sites is 1. The number of Topliss-reactive ketones (excluding diaryl/α,β-unsaturated/α-hetero) is 1. The summed E-state index contributed by atoms with van der Waals surface area (Å²) in [5.41, 5.74) is -0.895. The molecule has 6 nitrogen and oxygen atoms in total. The van der Waals surface area contributed by atoms with Gasteiger partial charge in [-0.2, -0.15) is 8.42 Å². The third kappa shape index (κ3) is 4.88. The van der Waals surface area contributed by atoms with Gasteiger partial charge in [-0.15, -0.1) is 0 Å². The number of ketones is 1. The predicted octanol–water partition coefficient (Wildman–Crippen LogP) is 2.69. The molecule has 2 aromatic carbocycles. The highest BCUT2D eigenvalue weighted by molar-refractivity contribution is 7.87. The first-order valence-corrected chi connectivity index (χ1v) is 9.38. The van der Waals surface area contributed by atoms with E-state index in [9.17, 15) is 26.8 Å². The Hall–Kier alpha value is -2.81. The number of halogens is 2. The molecule has 0 aliphatic heterocycles. The molecule has 27 heavy (non-hydrogen) atoms. The SMILES string of the molecule is CC(C)S(=O)(=O)Oc1ccccc1C(=O)CNC(=O)c1c(F)cccc1F. The molecule has 0 radical (unpaired) electrons. The molecule has 0 aromatic heterocycles. The third-order valence-electron chi connectivity index (χ3n) is 3.57. The maximum Gasteiger partial charge on any atom is 0.311 e. The Morgan fingerprint density at radius 3 is 2.22 bits per heavy atom. The fraction of sp³-hybridized carbons (Fsp3) is 0.222. The van der Waals surface area contributed by atoms with Gasteiger partial charge in [0.15, 0.2) is 11.5 Å². The van der Waals surface area contributed by atoms with E-state index in [4.69, 9.17) is 4.18 Å². The summed E-state index contributed by atoms with van der Waals surface area (Å²) in [4.78, 5) is 24.3. The maximum atomic E-state index is 13.6. The maximum absolute atomic E-state index is 13.6. The van der Waals surface area contributed by atoms with Crippen LogP contribution in [-0.4, -0.2) is 31.9 Å². The van der Waals surface area contributed by atoms with E-state index in [0.717, 1.165) is 18.2 Å². The number of carbonyl (C=O) groups is 2. The molecule has 0 unspecified atom stereocenters. The number of hydrogen-bond acceptors (Lipinski definition) is 5. The lowest BCUT2D eigenvalue weighted by molar-refractivity contribution is 0.0897. The van der Waals surface area contributed by atoms with Gasteiger partial charge in [0.05, 0.1) is 17.4 Å². The molecule has 0 bridgehead atoms. The molecule has 0 spiro atoms. The monoisotopic (exact) mass is 397 g/mol. The molecule has 9 heteroatoms. The van der Waals surface area contributed by atoms with Crippen LogP contribution in [0.3, 0.4) is 0 Å². The summed E-state index contributed by atoms with van der Waals surface area (Å²) in [5.74, 6) is -4.11. The molecule has 1 N–H and O–H groups in total. The van der Waals surface area contributed by atoms with Gasteiger partial charge in [-0.3, -0.25) is 9.59 Å².